The summed E-state index contributed by atoms with van der Waals surface area (Å²) in [6.07, 6.45) is 1.60. The first-order valence-corrected chi connectivity index (χ1v) is 8.47. The van der Waals surface area contributed by atoms with Crippen LogP contribution in [0.3, 0.4) is 0 Å². The van der Waals surface area contributed by atoms with Gasteiger partial charge in [0.05, 0.1) is 5.75 Å². The minimum atomic E-state index is -4.08. The minimum absolute atomic E-state index is 0.0564. The third-order valence-corrected chi connectivity index (χ3v) is 5.45. The van der Waals surface area contributed by atoms with Crippen LogP contribution in [0.4, 0.5) is 0 Å². The van der Waals surface area contributed by atoms with Crippen molar-refractivity contribution in [2.24, 2.45) is 17.8 Å². The molecule has 0 bridgehead atoms. The van der Waals surface area contributed by atoms with E-state index in [-0.39, 0.29) is 22.9 Å². The summed E-state index contributed by atoms with van der Waals surface area (Å²) in [7, 11) is -4.08. The standard InChI is InChI=1S/C11H20O5S2/c1-7(8(2)17-13)9-3-4-10(11(12)5-9)6-18(14,15)16/h7-10,13H,3-6H2,1-2H3,(H,14,15,16). The number of ketones is 1. The van der Waals surface area contributed by atoms with E-state index in [1.165, 1.54) is 0 Å². The molecule has 1 aliphatic rings. The minimum Gasteiger partial charge on any atom is -0.330 e. The van der Waals surface area contributed by atoms with Crippen LogP contribution in [-0.2, 0) is 14.9 Å². The number of rotatable bonds is 5. The van der Waals surface area contributed by atoms with Crippen molar-refractivity contribution < 1.29 is 22.3 Å². The third kappa shape index (κ3) is 4.53. The smallest absolute Gasteiger partial charge is 0.265 e. The largest absolute Gasteiger partial charge is 0.330 e. The maximum atomic E-state index is 11.9. The molecule has 1 fully saturated rings. The van der Waals surface area contributed by atoms with E-state index in [0.29, 0.717) is 12.8 Å². The summed E-state index contributed by atoms with van der Waals surface area (Å²) in [6, 6.07) is 0. The van der Waals surface area contributed by atoms with Gasteiger partial charge in [0.15, 0.2) is 0 Å². The molecule has 18 heavy (non-hydrogen) atoms. The topological polar surface area (TPSA) is 91.7 Å². The first-order chi connectivity index (χ1) is 8.24. The van der Waals surface area contributed by atoms with Crippen LogP contribution in [0.15, 0.2) is 0 Å². The molecule has 0 spiro atoms. The number of Topliss-reactive ketones (excluding diaryl/α,β-unsaturated/α-hetero) is 1. The van der Waals surface area contributed by atoms with Crippen molar-refractivity contribution in [2.45, 2.75) is 38.4 Å². The van der Waals surface area contributed by atoms with E-state index >= 15 is 0 Å². The van der Waals surface area contributed by atoms with Crippen LogP contribution in [0.2, 0.25) is 0 Å². The Morgan fingerprint density at radius 3 is 2.44 bits per heavy atom. The van der Waals surface area contributed by atoms with Gasteiger partial charge in [-0.3, -0.25) is 9.35 Å². The van der Waals surface area contributed by atoms with E-state index < -0.39 is 21.8 Å². The Morgan fingerprint density at radius 1 is 1.39 bits per heavy atom. The summed E-state index contributed by atoms with van der Waals surface area (Å²) >= 11 is 0.791. The zero-order chi connectivity index (χ0) is 13.9. The molecule has 0 radical (unpaired) electrons. The van der Waals surface area contributed by atoms with Gasteiger partial charge >= 0.3 is 0 Å². The Morgan fingerprint density at radius 2 is 2.00 bits per heavy atom. The number of carbonyl (C=O) groups is 1. The molecule has 7 heteroatoms. The lowest BCUT2D eigenvalue weighted by molar-refractivity contribution is -0.125. The maximum absolute atomic E-state index is 11.9. The predicted octanol–water partition coefficient (Wildman–Crippen LogP) is 2.09. The van der Waals surface area contributed by atoms with Crippen molar-refractivity contribution >= 4 is 27.9 Å². The van der Waals surface area contributed by atoms with Gasteiger partial charge in [-0.05, 0) is 36.7 Å². The molecular formula is C11H20O5S2. The summed E-state index contributed by atoms with van der Waals surface area (Å²) in [5, 5.41) is 0.0564. The van der Waals surface area contributed by atoms with Crippen LogP contribution in [0.5, 0.6) is 0 Å². The summed E-state index contributed by atoms with van der Waals surface area (Å²) in [5.74, 6) is -0.733. The average Bonchev–Trinajstić information content (AvgIpc) is 2.28. The van der Waals surface area contributed by atoms with E-state index in [9.17, 15) is 13.2 Å². The van der Waals surface area contributed by atoms with E-state index in [4.69, 9.17) is 9.11 Å². The Kier molecular flexibility index (Phi) is 5.64. The van der Waals surface area contributed by atoms with E-state index in [0.717, 1.165) is 18.5 Å². The third-order valence-electron chi connectivity index (χ3n) is 3.87. The molecule has 4 atom stereocenters. The summed E-state index contributed by atoms with van der Waals surface area (Å²) in [6.45, 7) is 3.90. The van der Waals surface area contributed by atoms with Crippen molar-refractivity contribution in [2.75, 3.05) is 5.75 Å². The molecule has 5 nitrogen and oxygen atoms in total. The molecule has 0 aliphatic heterocycles. The Hall–Kier alpha value is -0.110. The quantitative estimate of drug-likeness (QED) is 0.596. The predicted molar refractivity (Wildman–Crippen MR) is 71.1 cm³/mol. The highest BCUT2D eigenvalue weighted by molar-refractivity contribution is 7.94. The second-order valence-electron chi connectivity index (χ2n) is 5.12. The van der Waals surface area contributed by atoms with Gasteiger partial charge in [0.2, 0.25) is 0 Å². The Labute approximate surface area is 112 Å². The van der Waals surface area contributed by atoms with Crippen molar-refractivity contribution in [3.05, 3.63) is 0 Å². The maximum Gasteiger partial charge on any atom is 0.265 e. The van der Waals surface area contributed by atoms with E-state index in [1.54, 1.807) is 0 Å². The highest BCUT2D eigenvalue weighted by atomic mass is 32.2. The highest BCUT2D eigenvalue weighted by Gasteiger charge is 2.35. The zero-order valence-electron chi connectivity index (χ0n) is 10.6. The lowest BCUT2D eigenvalue weighted by Gasteiger charge is -2.32. The van der Waals surface area contributed by atoms with Crippen LogP contribution in [0, 0.1) is 17.8 Å². The first-order valence-electron chi connectivity index (χ1n) is 6.02. The molecule has 1 aliphatic carbocycles. The molecular weight excluding hydrogens is 276 g/mol. The summed E-state index contributed by atoms with van der Waals surface area (Å²) in [4.78, 5) is 11.9. The Balaban J connectivity index is 2.58. The number of carbonyl (C=O) groups excluding carboxylic acids is 1. The van der Waals surface area contributed by atoms with Gasteiger partial charge in [0.1, 0.15) is 5.78 Å². The zero-order valence-corrected chi connectivity index (χ0v) is 12.2. The monoisotopic (exact) mass is 296 g/mol. The molecule has 4 unspecified atom stereocenters. The SMILES string of the molecule is CC(SO)C(C)C1CCC(CS(=O)(=O)O)C(=O)C1. The molecule has 0 amide bonds. The normalized spacial score (nSPS) is 29.0. The molecule has 2 N–H and O–H groups in total. The highest BCUT2D eigenvalue weighted by Crippen LogP contribution is 2.35. The lowest BCUT2D eigenvalue weighted by Crippen LogP contribution is -2.34. The molecule has 1 rings (SSSR count). The van der Waals surface area contributed by atoms with Gasteiger partial charge < -0.3 is 4.55 Å². The van der Waals surface area contributed by atoms with E-state index in [2.05, 4.69) is 0 Å². The molecule has 0 aromatic rings. The number of hydrogen-bond donors (Lipinski definition) is 2. The fraction of sp³-hybridized carbons (Fsp3) is 0.909. The van der Waals surface area contributed by atoms with Gasteiger partial charge in [-0.15, -0.1) is 0 Å². The molecule has 0 heterocycles. The van der Waals surface area contributed by atoms with Gasteiger partial charge in [0.25, 0.3) is 10.1 Å². The van der Waals surface area contributed by atoms with Crippen LogP contribution in [0.1, 0.15) is 33.1 Å². The van der Waals surface area contributed by atoms with Gasteiger partial charge in [-0.25, -0.2) is 0 Å². The molecule has 0 aromatic heterocycles. The fourth-order valence-electron chi connectivity index (χ4n) is 2.46. The molecule has 0 aromatic carbocycles. The van der Waals surface area contributed by atoms with Crippen molar-refractivity contribution in [3.8, 4) is 0 Å². The molecule has 1 saturated carbocycles. The van der Waals surface area contributed by atoms with Crippen LogP contribution >= 0.6 is 12.0 Å². The van der Waals surface area contributed by atoms with Crippen LogP contribution < -0.4 is 0 Å². The van der Waals surface area contributed by atoms with Crippen LogP contribution in [0.25, 0.3) is 0 Å². The van der Waals surface area contributed by atoms with Gasteiger partial charge in [-0.1, -0.05) is 13.8 Å². The second-order valence-corrected chi connectivity index (χ2v) is 7.57. The van der Waals surface area contributed by atoms with Crippen molar-refractivity contribution in [1.82, 2.24) is 0 Å². The van der Waals surface area contributed by atoms with Crippen molar-refractivity contribution in [1.29, 1.82) is 0 Å². The van der Waals surface area contributed by atoms with Gasteiger partial charge in [0, 0.05) is 17.6 Å². The summed E-state index contributed by atoms with van der Waals surface area (Å²) < 4.78 is 39.4. The first kappa shape index (κ1) is 15.9. The van der Waals surface area contributed by atoms with Crippen molar-refractivity contribution in [3.63, 3.8) is 0 Å². The lowest BCUT2D eigenvalue weighted by atomic mass is 9.75. The molecule has 0 saturated heterocycles. The van der Waals surface area contributed by atoms with Crippen LogP contribution in [-0.4, -0.2) is 34.3 Å². The number of hydrogen-bond acceptors (Lipinski definition) is 5. The van der Waals surface area contributed by atoms with Gasteiger partial charge in [-0.2, -0.15) is 8.42 Å². The Bertz CT molecular complexity index is 392. The second kappa shape index (κ2) is 6.36. The fourth-order valence-corrected chi connectivity index (χ4v) is 3.74. The summed E-state index contributed by atoms with van der Waals surface area (Å²) in [5.41, 5.74) is 0. The average molecular weight is 296 g/mol. The molecule has 106 valence electrons. The van der Waals surface area contributed by atoms with E-state index in [1.807, 2.05) is 13.8 Å².